The zero-order valence-electron chi connectivity index (χ0n) is 10.6. The van der Waals surface area contributed by atoms with E-state index in [0.717, 1.165) is 19.4 Å². The molecule has 104 valence electrons. The molecule has 0 spiro atoms. The molecule has 2 aliphatic heterocycles. The predicted octanol–water partition coefficient (Wildman–Crippen LogP) is 1.82. The molecule has 6 nitrogen and oxygen atoms in total. The predicted molar refractivity (Wildman–Crippen MR) is 75.8 cm³/mol. The molecule has 2 heterocycles. The molecule has 0 aliphatic carbocycles. The lowest BCUT2D eigenvalue weighted by molar-refractivity contribution is -0.120. The van der Waals surface area contributed by atoms with Crippen LogP contribution < -0.4 is 10.6 Å². The van der Waals surface area contributed by atoms with E-state index in [9.17, 15) is 9.59 Å². The Kier molecular flexibility index (Phi) is 3.31. The van der Waals surface area contributed by atoms with E-state index < -0.39 is 6.03 Å². The second-order valence-electron chi connectivity index (χ2n) is 4.71. The van der Waals surface area contributed by atoms with Crippen molar-refractivity contribution in [3.05, 3.63) is 29.3 Å². The fourth-order valence-corrected chi connectivity index (χ4v) is 2.56. The second-order valence-corrected chi connectivity index (χ2v) is 5.15. The van der Waals surface area contributed by atoms with Crippen molar-refractivity contribution in [3.8, 4) is 0 Å². The maximum absolute atomic E-state index is 11.8. The van der Waals surface area contributed by atoms with Crippen molar-refractivity contribution >= 4 is 35.2 Å². The van der Waals surface area contributed by atoms with Crippen LogP contribution in [0.15, 0.2) is 29.3 Å². The Morgan fingerprint density at radius 1 is 1.40 bits per heavy atom. The summed E-state index contributed by atoms with van der Waals surface area (Å²) in [5, 5.41) is 5.86. The van der Waals surface area contributed by atoms with Crippen molar-refractivity contribution in [2.24, 2.45) is 4.99 Å². The number of anilines is 1. The summed E-state index contributed by atoms with van der Waals surface area (Å²) in [6.45, 7) is 0.746. The van der Waals surface area contributed by atoms with E-state index in [2.05, 4.69) is 15.6 Å². The van der Waals surface area contributed by atoms with Crippen LogP contribution in [0.2, 0.25) is 5.02 Å². The first-order valence-corrected chi connectivity index (χ1v) is 6.74. The van der Waals surface area contributed by atoms with E-state index in [0.29, 0.717) is 16.7 Å². The molecule has 1 atom stereocenters. The van der Waals surface area contributed by atoms with Crippen LogP contribution in [0.5, 0.6) is 0 Å². The maximum Gasteiger partial charge on any atom is 0.348 e. The summed E-state index contributed by atoms with van der Waals surface area (Å²) in [4.78, 5) is 29.3. The zero-order chi connectivity index (χ0) is 14.1. The Bertz CT molecular complexity index is 585. The van der Waals surface area contributed by atoms with Gasteiger partial charge in [0.25, 0.3) is 0 Å². The van der Waals surface area contributed by atoms with Crippen molar-refractivity contribution in [2.75, 3.05) is 11.9 Å². The minimum atomic E-state index is -0.518. The number of carbonyl (C=O) groups excluding carboxylic acids is 2. The molecule has 2 aliphatic rings. The number of nitrogens with zero attached hydrogens (tertiary/aromatic N) is 2. The van der Waals surface area contributed by atoms with Gasteiger partial charge in [0.05, 0.1) is 0 Å². The maximum atomic E-state index is 11.8. The van der Waals surface area contributed by atoms with Crippen LogP contribution in [0.25, 0.3) is 0 Å². The lowest BCUT2D eigenvalue weighted by atomic mass is 10.2. The van der Waals surface area contributed by atoms with E-state index in [-0.39, 0.29) is 11.9 Å². The van der Waals surface area contributed by atoms with Crippen LogP contribution in [-0.4, -0.2) is 35.4 Å². The summed E-state index contributed by atoms with van der Waals surface area (Å²) in [6.07, 6.45) is 1.75. The van der Waals surface area contributed by atoms with E-state index >= 15 is 0 Å². The van der Waals surface area contributed by atoms with Crippen LogP contribution in [0.1, 0.15) is 12.8 Å². The van der Waals surface area contributed by atoms with Gasteiger partial charge in [-0.2, -0.15) is 4.99 Å². The summed E-state index contributed by atoms with van der Waals surface area (Å²) >= 11 is 5.77. The fourth-order valence-electron chi connectivity index (χ4n) is 2.43. The third-order valence-electron chi connectivity index (χ3n) is 3.37. The molecule has 1 unspecified atom stereocenters. The van der Waals surface area contributed by atoms with Gasteiger partial charge in [-0.15, -0.1) is 0 Å². The number of urea groups is 1. The number of guanidine groups is 1. The molecule has 2 fully saturated rings. The quantitative estimate of drug-likeness (QED) is 0.829. The summed E-state index contributed by atoms with van der Waals surface area (Å²) in [5.74, 6) is 0.254. The standard InChI is InChI=1S/C13H13ClN4O2/c14-8-3-5-9(6-4-8)15-13(20)17-12-16-11(19)10-2-1-7-18(10)12/h3-6,10H,1-2,7H2,(H2,15,16,17,19,20). The highest BCUT2D eigenvalue weighted by Gasteiger charge is 2.40. The Morgan fingerprint density at radius 2 is 2.15 bits per heavy atom. The van der Waals surface area contributed by atoms with Gasteiger partial charge in [0.2, 0.25) is 11.9 Å². The fraction of sp³-hybridized carbons (Fsp3) is 0.308. The van der Waals surface area contributed by atoms with Gasteiger partial charge in [-0.05, 0) is 37.1 Å². The van der Waals surface area contributed by atoms with Gasteiger partial charge in [0.1, 0.15) is 6.04 Å². The van der Waals surface area contributed by atoms with Gasteiger partial charge >= 0.3 is 6.03 Å². The van der Waals surface area contributed by atoms with Crippen LogP contribution >= 0.6 is 11.6 Å². The molecular formula is C13H13ClN4O2. The van der Waals surface area contributed by atoms with Crippen LogP contribution in [0.3, 0.4) is 0 Å². The zero-order valence-corrected chi connectivity index (χ0v) is 11.4. The molecule has 20 heavy (non-hydrogen) atoms. The monoisotopic (exact) mass is 292 g/mol. The van der Waals surface area contributed by atoms with Gasteiger partial charge in [0, 0.05) is 17.3 Å². The van der Waals surface area contributed by atoms with E-state index in [1.807, 2.05) is 4.90 Å². The first-order valence-electron chi connectivity index (χ1n) is 6.36. The Morgan fingerprint density at radius 3 is 2.90 bits per heavy atom. The molecule has 1 aromatic rings. The number of hydrogen-bond acceptors (Lipinski definition) is 2. The number of nitrogens with one attached hydrogen (secondary N) is 2. The molecule has 1 aromatic carbocycles. The molecule has 3 amide bonds. The van der Waals surface area contributed by atoms with Crippen LogP contribution in [0, 0.1) is 0 Å². The second kappa shape index (κ2) is 5.13. The summed E-state index contributed by atoms with van der Waals surface area (Å²) in [6, 6.07) is 6.04. The van der Waals surface area contributed by atoms with E-state index in [4.69, 9.17) is 11.6 Å². The smallest absolute Gasteiger partial charge is 0.330 e. The number of amides is 3. The lowest BCUT2D eigenvalue weighted by Gasteiger charge is -2.13. The normalized spacial score (nSPS) is 22.9. The van der Waals surface area contributed by atoms with Gasteiger partial charge < -0.3 is 10.2 Å². The first kappa shape index (κ1) is 12.9. The molecule has 0 radical (unpaired) electrons. The van der Waals surface area contributed by atoms with Gasteiger partial charge in [-0.3, -0.25) is 10.1 Å². The molecule has 3 rings (SSSR count). The number of aliphatic imine (C=N–C) groups is 1. The highest BCUT2D eigenvalue weighted by molar-refractivity contribution is 6.30. The number of benzene rings is 1. The largest absolute Gasteiger partial charge is 0.348 e. The van der Waals surface area contributed by atoms with Crippen molar-refractivity contribution < 1.29 is 9.59 Å². The topological polar surface area (TPSA) is 73.8 Å². The molecule has 0 aromatic heterocycles. The minimum Gasteiger partial charge on any atom is -0.330 e. The number of fused-ring (bicyclic) bond motifs is 1. The molecule has 2 N–H and O–H groups in total. The van der Waals surface area contributed by atoms with Crippen molar-refractivity contribution in [1.82, 2.24) is 10.2 Å². The lowest BCUT2D eigenvalue weighted by Crippen LogP contribution is -2.32. The minimum absolute atomic E-state index is 0.0828. The van der Waals surface area contributed by atoms with Crippen molar-refractivity contribution in [3.63, 3.8) is 0 Å². The number of halogens is 1. The average Bonchev–Trinajstić information content (AvgIpc) is 2.98. The van der Waals surface area contributed by atoms with Gasteiger partial charge in [0.15, 0.2) is 0 Å². The summed E-state index contributed by atoms with van der Waals surface area (Å²) in [5.41, 5.74) is 0.603. The molecule has 2 saturated heterocycles. The highest BCUT2D eigenvalue weighted by Crippen LogP contribution is 2.21. The van der Waals surface area contributed by atoms with E-state index in [1.54, 1.807) is 24.3 Å². The number of rotatable bonds is 1. The molecule has 7 heteroatoms. The summed E-state index contributed by atoms with van der Waals surface area (Å²) in [7, 11) is 0. The summed E-state index contributed by atoms with van der Waals surface area (Å²) < 4.78 is 0. The van der Waals surface area contributed by atoms with Crippen molar-refractivity contribution in [1.29, 1.82) is 0 Å². The molecule has 0 saturated carbocycles. The first-order chi connectivity index (χ1) is 9.63. The SMILES string of the molecule is O=C(N=C1NC(=O)C2CCCN12)Nc1ccc(Cl)cc1. The third-order valence-corrected chi connectivity index (χ3v) is 3.62. The average molecular weight is 293 g/mol. The van der Waals surface area contributed by atoms with Crippen LogP contribution in [-0.2, 0) is 4.79 Å². The highest BCUT2D eigenvalue weighted by atomic mass is 35.5. The molecular weight excluding hydrogens is 280 g/mol. The Balaban J connectivity index is 1.70. The number of hydrogen-bond donors (Lipinski definition) is 2. The Labute approximate surface area is 120 Å². The van der Waals surface area contributed by atoms with E-state index in [1.165, 1.54) is 0 Å². The third kappa shape index (κ3) is 2.46. The van der Waals surface area contributed by atoms with Gasteiger partial charge in [-0.25, -0.2) is 4.79 Å². The molecule has 0 bridgehead atoms. The van der Waals surface area contributed by atoms with Crippen LogP contribution in [0.4, 0.5) is 10.5 Å². The van der Waals surface area contributed by atoms with Crippen molar-refractivity contribution in [2.45, 2.75) is 18.9 Å². The van der Waals surface area contributed by atoms with Gasteiger partial charge in [-0.1, -0.05) is 11.6 Å². The number of carbonyl (C=O) groups is 2. The Hall–Kier alpha value is -2.08.